The molecule has 1 aromatic rings. The van der Waals surface area contributed by atoms with Crippen LogP contribution in [0.2, 0.25) is 0 Å². The lowest BCUT2D eigenvalue weighted by Crippen LogP contribution is -2.37. The normalized spacial score (nSPS) is 9.47. The fourth-order valence-corrected chi connectivity index (χ4v) is 1.59. The first kappa shape index (κ1) is 13.1. The van der Waals surface area contributed by atoms with Gasteiger partial charge in [-0.2, -0.15) is 0 Å². The SMILES string of the molecule is C#CCNC(=O)CN(CC)c1cccc(C)c1. The van der Waals surface area contributed by atoms with Gasteiger partial charge in [0.25, 0.3) is 0 Å². The van der Waals surface area contributed by atoms with Crippen molar-refractivity contribution >= 4 is 11.6 Å². The highest BCUT2D eigenvalue weighted by atomic mass is 16.2. The summed E-state index contributed by atoms with van der Waals surface area (Å²) >= 11 is 0. The molecule has 0 aliphatic carbocycles. The second-order valence-electron chi connectivity index (χ2n) is 3.83. The largest absolute Gasteiger partial charge is 0.362 e. The van der Waals surface area contributed by atoms with E-state index in [1.54, 1.807) is 0 Å². The van der Waals surface area contributed by atoms with Gasteiger partial charge in [-0.25, -0.2) is 0 Å². The minimum Gasteiger partial charge on any atom is -0.362 e. The first-order valence-electron chi connectivity index (χ1n) is 5.69. The molecule has 0 aliphatic rings. The summed E-state index contributed by atoms with van der Waals surface area (Å²) in [5.41, 5.74) is 2.24. The predicted octanol–water partition coefficient (Wildman–Crippen LogP) is 1.57. The first-order valence-corrected chi connectivity index (χ1v) is 5.69. The molecular formula is C14H18N2O. The number of benzene rings is 1. The van der Waals surface area contributed by atoms with Crippen LogP contribution < -0.4 is 10.2 Å². The molecule has 0 bridgehead atoms. The van der Waals surface area contributed by atoms with Gasteiger partial charge in [-0.15, -0.1) is 6.42 Å². The van der Waals surface area contributed by atoms with E-state index in [0.29, 0.717) is 6.54 Å². The Hall–Kier alpha value is -1.95. The third kappa shape index (κ3) is 4.20. The van der Waals surface area contributed by atoms with Crippen molar-refractivity contribution < 1.29 is 4.79 Å². The molecule has 90 valence electrons. The maximum atomic E-state index is 11.6. The van der Waals surface area contributed by atoms with Gasteiger partial charge in [0.15, 0.2) is 0 Å². The van der Waals surface area contributed by atoms with Crippen molar-refractivity contribution in [3.63, 3.8) is 0 Å². The maximum absolute atomic E-state index is 11.6. The lowest BCUT2D eigenvalue weighted by atomic mass is 10.2. The van der Waals surface area contributed by atoms with E-state index in [4.69, 9.17) is 6.42 Å². The van der Waals surface area contributed by atoms with Crippen LogP contribution in [0.5, 0.6) is 0 Å². The summed E-state index contributed by atoms with van der Waals surface area (Å²) in [6.45, 7) is 5.46. The van der Waals surface area contributed by atoms with Crippen LogP contribution in [0.3, 0.4) is 0 Å². The summed E-state index contributed by atoms with van der Waals surface area (Å²) in [4.78, 5) is 13.6. The molecule has 0 saturated heterocycles. The second kappa shape index (κ2) is 6.59. The smallest absolute Gasteiger partial charge is 0.240 e. The minimum atomic E-state index is -0.0497. The average Bonchev–Trinajstić information content (AvgIpc) is 2.33. The van der Waals surface area contributed by atoms with Crippen molar-refractivity contribution in [1.82, 2.24) is 5.32 Å². The summed E-state index contributed by atoms with van der Waals surface area (Å²) < 4.78 is 0. The number of carbonyl (C=O) groups excluding carboxylic acids is 1. The van der Waals surface area contributed by atoms with Crippen molar-refractivity contribution in [2.24, 2.45) is 0 Å². The Kier molecular flexibility index (Phi) is 5.09. The topological polar surface area (TPSA) is 32.3 Å². The number of aryl methyl sites for hydroxylation is 1. The fraction of sp³-hybridized carbons (Fsp3) is 0.357. The number of anilines is 1. The summed E-state index contributed by atoms with van der Waals surface area (Å²) in [5, 5.41) is 2.66. The highest BCUT2D eigenvalue weighted by Gasteiger charge is 2.09. The predicted molar refractivity (Wildman–Crippen MR) is 70.9 cm³/mol. The first-order chi connectivity index (χ1) is 8.17. The highest BCUT2D eigenvalue weighted by molar-refractivity contribution is 5.81. The Morgan fingerprint density at radius 3 is 2.88 bits per heavy atom. The van der Waals surface area contributed by atoms with E-state index in [1.165, 1.54) is 5.56 Å². The molecule has 1 rings (SSSR count). The molecule has 0 unspecified atom stereocenters. The van der Waals surface area contributed by atoms with Gasteiger partial charge in [0.05, 0.1) is 13.1 Å². The van der Waals surface area contributed by atoms with E-state index < -0.39 is 0 Å². The quantitative estimate of drug-likeness (QED) is 0.779. The molecule has 0 spiro atoms. The molecule has 3 nitrogen and oxygen atoms in total. The summed E-state index contributed by atoms with van der Waals surface area (Å²) in [5.74, 6) is 2.34. The Morgan fingerprint density at radius 1 is 1.53 bits per heavy atom. The van der Waals surface area contributed by atoms with E-state index in [1.807, 2.05) is 36.9 Å². The number of likely N-dealkylation sites (N-methyl/N-ethyl adjacent to an activating group) is 1. The molecule has 1 N–H and O–H groups in total. The molecule has 0 fully saturated rings. The number of hydrogen-bond acceptors (Lipinski definition) is 2. The summed E-state index contributed by atoms with van der Waals surface area (Å²) in [6.07, 6.45) is 5.09. The summed E-state index contributed by atoms with van der Waals surface area (Å²) in [7, 11) is 0. The second-order valence-corrected chi connectivity index (χ2v) is 3.83. The van der Waals surface area contributed by atoms with Gasteiger partial charge < -0.3 is 10.2 Å². The minimum absolute atomic E-state index is 0.0497. The van der Waals surface area contributed by atoms with E-state index in [2.05, 4.69) is 17.3 Å². The maximum Gasteiger partial charge on any atom is 0.240 e. The van der Waals surface area contributed by atoms with E-state index in [-0.39, 0.29) is 12.5 Å². The van der Waals surface area contributed by atoms with Crippen LogP contribution in [-0.2, 0) is 4.79 Å². The van der Waals surface area contributed by atoms with Crippen LogP contribution in [0, 0.1) is 19.3 Å². The summed E-state index contributed by atoms with van der Waals surface area (Å²) in [6, 6.07) is 8.10. The van der Waals surface area contributed by atoms with Gasteiger partial charge in [-0.3, -0.25) is 4.79 Å². The van der Waals surface area contributed by atoms with E-state index in [0.717, 1.165) is 12.2 Å². The number of rotatable bonds is 5. The van der Waals surface area contributed by atoms with Crippen LogP contribution in [0.25, 0.3) is 0 Å². The van der Waals surface area contributed by atoms with E-state index >= 15 is 0 Å². The Morgan fingerprint density at radius 2 is 2.29 bits per heavy atom. The molecule has 0 atom stereocenters. The van der Waals surface area contributed by atoms with Crippen molar-refractivity contribution in [3.8, 4) is 12.3 Å². The number of hydrogen-bond donors (Lipinski definition) is 1. The van der Waals surface area contributed by atoms with Gasteiger partial charge >= 0.3 is 0 Å². The standard InChI is InChI=1S/C14H18N2O/c1-4-9-15-14(17)11-16(5-2)13-8-6-7-12(3)10-13/h1,6-8,10H,5,9,11H2,2-3H3,(H,15,17). The van der Waals surface area contributed by atoms with Gasteiger partial charge in [0, 0.05) is 12.2 Å². The van der Waals surface area contributed by atoms with Crippen molar-refractivity contribution in [3.05, 3.63) is 29.8 Å². The molecular weight excluding hydrogens is 212 g/mol. The average molecular weight is 230 g/mol. The van der Waals surface area contributed by atoms with Crippen LogP contribution >= 0.6 is 0 Å². The zero-order chi connectivity index (χ0) is 12.7. The molecule has 0 saturated carbocycles. The lowest BCUT2D eigenvalue weighted by Gasteiger charge is -2.22. The Balaban J connectivity index is 2.66. The molecule has 3 heteroatoms. The molecule has 0 aromatic heterocycles. The van der Waals surface area contributed by atoms with Crippen molar-refractivity contribution in [1.29, 1.82) is 0 Å². The van der Waals surface area contributed by atoms with Gasteiger partial charge in [-0.05, 0) is 31.5 Å². The highest BCUT2D eigenvalue weighted by Crippen LogP contribution is 2.15. The molecule has 17 heavy (non-hydrogen) atoms. The van der Waals surface area contributed by atoms with Crippen LogP contribution in [0.1, 0.15) is 12.5 Å². The molecule has 0 aliphatic heterocycles. The number of nitrogens with zero attached hydrogens (tertiary/aromatic N) is 1. The Labute approximate surface area is 103 Å². The number of carbonyl (C=O) groups is 1. The zero-order valence-corrected chi connectivity index (χ0v) is 10.4. The van der Waals surface area contributed by atoms with Crippen molar-refractivity contribution in [2.75, 3.05) is 24.5 Å². The molecule has 1 amide bonds. The molecule has 1 aromatic carbocycles. The fourth-order valence-electron chi connectivity index (χ4n) is 1.59. The molecule has 0 heterocycles. The van der Waals surface area contributed by atoms with Crippen molar-refractivity contribution in [2.45, 2.75) is 13.8 Å². The monoisotopic (exact) mass is 230 g/mol. The number of terminal acetylenes is 1. The van der Waals surface area contributed by atoms with Gasteiger partial charge in [0.1, 0.15) is 0 Å². The van der Waals surface area contributed by atoms with Crippen LogP contribution in [0.15, 0.2) is 24.3 Å². The molecule has 0 radical (unpaired) electrons. The number of amides is 1. The zero-order valence-electron chi connectivity index (χ0n) is 10.4. The van der Waals surface area contributed by atoms with Crippen LogP contribution in [-0.4, -0.2) is 25.5 Å². The third-order valence-corrected chi connectivity index (χ3v) is 2.47. The van der Waals surface area contributed by atoms with Crippen LogP contribution in [0.4, 0.5) is 5.69 Å². The third-order valence-electron chi connectivity index (χ3n) is 2.47. The number of nitrogens with one attached hydrogen (secondary N) is 1. The van der Waals surface area contributed by atoms with Gasteiger partial charge in [0.2, 0.25) is 5.91 Å². The lowest BCUT2D eigenvalue weighted by molar-refractivity contribution is -0.119. The van der Waals surface area contributed by atoms with Gasteiger partial charge in [-0.1, -0.05) is 18.1 Å². The Bertz CT molecular complexity index is 420. The van der Waals surface area contributed by atoms with E-state index in [9.17, 15) is 4.79 Å².